The smallest absolute Gasteiger partial charge is 0.363 e. The summed E-state index contributed by atoms with van der Waals surface area (Å²) in [6.45, 7) is 1.58. The van der Waals surface area contributed by atoms with Crippen LogP contribution in [0.25, 0.3) is 17.4 Å². The van der Waals surface area contributed by atoms with E-state index in [1.165, 1.54) is 18.2 Å². The first-order valence-corrected chi connectivity index (χ1v) is 8.93. The Labute approximate surface area is 170 Å². The number of cyclic esters (lactones) is 1. The fourth-order valence-corrected chi connectivity index (χ4v) is 3.04. The molecule has 0 saturated carbocycles. The summed E-state index contributed by atoms with van der Waals surface area (Å²) in [6, 6.07) is 15.1. The fraction of sp³-hybridized carbons (Fsp3) is 0.0476. The van der Waals surface area contributed by atoms with Crippen LogP contribution in [0, 0.1) is 17.0 Å². The number of nitro groups is 1. The molecule has 0 radical (unpaired) electrons. The molecule has 1 aliphatic heterocycles. The van der Waals surface area contributed by atoms with Crippen LogP contribution < -0.4 is 0 Å². The quantitative estimate of drug-likeness (QED) is 0.257. The highest BCUT2D eigenvalue weighted by Gasteiger charge is 2.27. The van der Waals surface area contributed by atoms with Crippen LogP contribution in [0.4, 0.5) is 5.69 Å². The Kier molecular flexibility index (Phi) is 4.74. The molecule has 8 heteroatoms. The van der Waals surface area contributed by atoms with Crippen LogP contribution in [-0.4, -0.2) is 16.8 Å². The van der Waals surface area contributed by atoms with Crippen LogP contribution >= 0.6 is 11.6 Å². The number of esters is 1. The van der Waals surface area contributed by atoms with Crippen molar-refractivity contribution in [2.24, 2.45) is 4.99 Å². The standard InChI is InChI=1S/C21H13ClN2O5/c1-12-16(3-2-4-18(12)24(26)27)20-23-17(21(25)29-20)11-15-9-10-19(28-15)13-5-7-14(22)8-6-13/h2-11H,1H3/b17-11-. The summed E-state index contributed by atoms with van der Waals surface area (Å²) in [5.74, 6) is 0.392. The summed E-state index contributed by atoms with van der Waals surface area (Å²) in [6.07, 6.45) is 1.46. The van der Waals surface area contributed by atoms with Gasteiger partial charge in [0.2, 0.25) is 5.90 Å². The van der Waals surface area contributed by atoms with Crippen LogP contribution in [0.15, 0.2) is 69.7 Å². The lowest BCUT2D eigenvalue weighted by molar-refractivity contribution is -0.385. The van der Waals surface area contributed by atoms with Gasteiger partial charge in [-0.05, 0) is 49.4 Å². The maximum Gasteiger partial charge on any atom is 0.363 e. The van der Waals surface area contributed by atoms with E-state index in [2.05, 4.69) is 4.99 Å². The van der Waals surface area contributed by atoms with E-state index in [4.69, 9.17) is 20.8 Å². The van der Waals surface area contributed by atoms with E-state index < -0.39 is 10.9 Å². The number of carbonyl (C=O) groups excluding carboxylic acids is 1. The maximum absolute atomic E-state index is 12.2. The molecule has 1 aromatic heterocycles. The van der Waals surface area contributed by atoms with Gasteiger partial charge in [-0.2, -0.15) is 0 Å². The van der Waals surface area contributed by atoms with E-state index in [-0.39, 0.29) is 17.3 Å². The Bertz CT molecular complexity index is 1190. The van der Waals surface area contributed by atoms with Gasteiger partial charge in [0.05, 0.1) is 4.92 Å². The number of nitrogens with zero attached hydrogens (tertiary/aromatic N) is 2. The third-order valence-corrected chi connectivity index (χ3v) is 4.64. The normalized spacial score (nSPS) is 14.8. The highest BCUT2D eigenvalue weighted by molar-refractivity contribution is 6.30. The van der Waals surface area contributed by atoms with Crippen LogP contribution in [0.5, 0.6) is 0 Å². The largest absolute Gasteiger partial charge is 0.457 e. The van der Waals surface area contributed by atoms with Gasteiger partial charge < -0.3 is 9.15 Å². The predicted molar refractivity (Wildman–Crippen MR) is 108 cm³/mol. The number of hydrogen-bond acceptors (Lipinski definition) is 6. The molecule has 7 nitrogen and oxygen atoms in total. The van der Waals surface area contributed by atoms with Gasteiger partial charge in [0.1, 0.15) is 11.5 Å². The molecule has 0 atom stereocenters. The van der Waals surface area contributed by atoms with Crippen molar-refractivity contribution in [3.8, 4) is 11.3 Å². The molecule has 2 aromatic carbocycles. The van der Waals surface area contributed by atoms with Gasteiger partial charge in [-0.3, -0.25) is 10.1 Å². The first-order valence-electron chi connectivity index (χ1n) is 8.55. The Hall–Kier alpha value is -3.71. The van der Waals surface area contributed by atoms with Crippen molar-refractivity contribution in [3.63, 3.8) is 0 Å². The molecule has 0 amide bonds. The van der Waals surface area contributed by atoms with Gasteiger partial charge in [-0.1, -0.05) is 17.7 Å². The van der Waals surface area contributed by atoms with Gasteiger partial charge >= 0.3 is 5.97 Å². The van der Waals surface area contributed by atoms with E-state index >= 15 is 0 Å². The molecule has 0 saturated heterocycles. The van der Waals surface area contributed by atoms with Gasteiger partial charge in [-0.25, -0.2) is 9.79 Å². The van der Waals surface area contributed by atoms with Crippen molar-refractivity contribution in [1.82, 2.24) is 0 Å². The molecule has 0 aliphatic carbocycles. The molecule has 0 unspecified atom stereocenters. The number of carbonyl (C=O) groups is 1. The number of aliphatic imine (C=N–C) groups is 1. The van der Waals surface area contributed by atoms with Crippen molar-refractivity contribution >= 4 is 35.2 Å². The lowest BCUT2D eigenvalue weighted by Crippen LogP contribution is -2.08. The Morgan fingerprint density at radius 1 is 1.10 bits per heavy atom. The molecule has 3 aromatic rings. The zero-order chi connectivity index (χ0) is 20.5. The number of halogens is 1. The molecular formula is C21H13ClN2O5. The molecule has 2 heterocycles. The van der Waals surface area contributed by atoms with Crippen LogP contribution in [0.1, 0.15) is 16.9 Å². The lowest BCUT2D eigenvalue weighted by Gasteiger charge is -2.04. The summed E-state index contributed by atoms with van der Waals surface area (Å²) < 4.78 is 11.0. The summed E-state index contributed by atoms with van der Waals surface area (Å²) >= 11 is 5.89. The third kappa shape index (κ3) is 3.68. The zero-order valence-electron chi connectivity index (χ0n) is 15.1. The minimum atomic E-state index is -0.657. The summed E-state index contributed by atoms with van der Waals surface area (Å²) in [5, 5.41) is 11.7. The third-order valence-electron chi connectivity index (χ3n) is 4.39. The first-order chi connectivity index (χ1) is 13.9. The minimum absolute atomic E-state index is 0.0203. The second kappa shape index (κ2) is 7.37. The van der Waals surface area contributed by atoms with E-state index in [1.54, 1.807) is 37.3 Å². The van der Waals surface area contributed by atoms with Gasteiger partial charge in [0, 0.05) is 33.9 Å². The monoisotopic (exact) mass is 408 g/mol. The van der Waals surface area contributed by atoms with E-state index in [1.807, 2.05) is 12.1 Å². The van der Waals surface area contributed by atoms with E-state index in [0.29, 0.717) is 27.7 Å². The lowest BCUT2D eigenvalue weighted by atomic mass is 10.1. The zero-order valence-corrected chi connectivity index (χ0v) is 15.8. The van der Waals surface area contributed by atoms with E-state index in [0.717, 1.165) is 5.56 Å². The Morgan fingerprint density at radius 2 is 1.86 bits per heavy atom. The summed E-state index contributed by atoms with van der Waals surface area (Å²) in [7, 11) is 0. The van der Waals surface area contributed by atoms with Crippen molar-refractivity contribution in [2.45, 2.75) is 6.92 Å². The molecule has 4 rings (SSSR count). The number of nitro benzene ring substituents is 1. The van der Waals surface area contributed by atoms with Crippen LogP contribution in [0.2, 0.25) is 5.02 Å². The average Bonchev–Trinajstić information content (AvgIpc) is 3.30. The molecule has 0 bridgehead atoms. The summed E-state index contributed by atoms with van der Waals surface area (Å²) in [5.41, 5.74) is 1.57. The van der Waals surface area contributed by atoms with Crippen molar-refractivity contribution in [3.05, 3.63) is 92.3 Å². The number of ether oxygens (including phenoxy) is 1. The van der Waals surface area contributed by atoms with Gasteiger partial charge in [-0.15, -0.1) is 0 Å². The highest BCUT2D eigenvalue weighted by atomic mass is 35.5. The number of furan rings is 1. The van der Waals surface area contributed by atoms with Crippen molar-refractivity contribution in [1.29, 1.82) is 0 Å². The van der Waals surface area contributed by atoms with Crippen LogP contribution in [0.3, 0.4) is 0 Å². The predicted octanol–water partition coefficient (Wildman–Crippen LogP) is 5.16. The second-order valence-electron chi connectivity index (χ2n) is 6.25. The number of rotatable bonds is 4. The molecular weight excluding hydrogens is 396 g/mol. The Morgan fingerprint density at radius 3 is 2.59 bits per heavy atom. The van der Waals surface area contributed by atoms with Crippen molar-refractivity contribution < 1.29 is 18.9 Å². The topological polar surface area (TPSA) is 94.9 Å². The fourth-order valence-electron chi connectivity index (χ4n) is 2.91. The maximum atomic E-state index is 12.2. The van der Waals surface area contributed by atoms with Crippen LogP contribution in [-0.2, 0) is 9.53 Å². The number of benzene rings is 2. The average molecular weight is 409 g/mol. The second-order valence-corrected chi connectivity index (χ2v) is 6.69. The molecule has 29 heavy (non-hydrogen) atoms. The van der Waals surface area contributed by atoms with Gasteiger partial charge in [0.15, 0.2) is 5.70 Å². The molecule has 144 valence electrons. The first kappa shape index (κ1) is 18.6. The Balaban J connectivity index is 1.65. The van der Waals surface area contributed by atoms with Gasteiger partial charge in [0.25, 0.3) is 5.69 Å². The molecule has 0 fully saturated rings. The molecule has 0 N–H and O–H groups in total. The highest BCUT2D eigenvalue weighted by Crippen LogP contribution is 2.28. The summed E-state index contributed by atoms with van der Waals surface area (Å²) in [4.78, 5) is 27.0. The molecule has 1 aliphatic rings. The number of hydrogen-bond donors (Lipinski definition) is 0. The molecule has 0 spiro atoms. The van der Waals surface area contributed by atoms with Crippen molar-refractivity contribution in [2.75, 3.05) is 0 Å². The minimum Gasteiger partial charge on any atom is -0.457 e. The van der Waals surface area contributed by atoms with E-state index in [9.17, 15) is 14.9 Å². The SMILES string of the molecule is Cc1c(C2=N/C(=C\c3ccc(-c4ccc(Cl)cc4)o3)C(=O)O2)cccc1[N+](=O)[O-].